The highest BCUT2D eigenvalue weighted by Gasteiger charge is 2.07. The van der Waals surface area contributed by atoms with Crippen molar-refractivity contribution in [3.63, 3.8) is 0 Å². The maximum Gasteiger partial charge on any atom is 0.254 e. The number of carbonyl (C=O) groups is 1. The zero-order chi connectivity index (χ0) is 16.7. The molecule has 1 aromatic carbocycles. The molecule has 2 N–H and O–H groups in total. The summed E-state index contributed by atoms with van der Waals surface area (Å²) in [4.78, 5) is 20.2. The van der Waals surface area contributed by atoms with Gasteiger partial charge < -0.3 is 15.4 Å². The van der Waals surface area contributed by atoms with Crippen molar-refractivity contribution in [3.05, 3.63) is 46.7 Å². The minimum atomic E-state index is -0.203. The molecule has 0 atom stereocenters. The first-order valence-electron chi connectivity index (χ1n) is 7.22. The van der Waals surface area contributed by atoms with Gasteiger partial charge in [-0.3, -0.25) is 4.79 Å². The quantitative estimate of drug-likeness (QED) is 0.761. The predicted molar refractivity (Wildman–Crippen MR) is 90.3 cm³/mol. The Morgan fingerprint density at radius 2 is 2.04 bits per heavy atom. The Balaban J connectivity index is 1.93. The largest absolute Gasteiger partial charge is 0.385 e. The first-order chi connectivity index (χ1) is 11.1. The van der Waals surface area contributed by atoms with E-state index in [9.17, 15) is 4.79 Å². The molecule has 1 amide bonds. The van der Waals surface area contributed by atoms with Gasteiger partial charge in [0.1, 0.15) is 0 Å². The van der Waals surface area contributed by atoms with Crippen LogP contribution in [0.4, 0.5) is 11.6 Å². The van der Waals surface area contributed by atoms with E-state index in [1.54, 1.807) is 13.2 Å². The lowest BCUT2D eigenvalue weighted by Crippen LogP contribution is -2.25. The van der Waals surface area contributed by atoms with Gasteiger partial charge in [-0.2, -0.15) is 0 Å². The second-order valence-electron chi connectivity index (χ2n) is 4.99. The number of hydrogen-bond donors (Lipinski definition) is 2. The number of amides is 1. The summed E-state index contributed by atoms with van der Waals surface area (Å²) in [6.07, 6.45) is 3.73. The number of carbonyl (C=O) groups excluding carboxylic acids is 1. The summed E-state index contributed by atoms with van der Waals surface area (Å²) in [5, 5.41) is 6.49. The SMILES string of the molecule is COCCCNC(=O)c1cnc(Nc2ccc(C)c(Cl)c2)nc1. The number of hydrogen-bond acceptors (Lipinski definition) is 5. The minimum Gasteiger partial charge on any atom is -0.385 e. The zero-order valence-electron chi connectivity index (χ0n) is 13.1. The third-order valence-corrected chi connectivity index (χ3v) is 3.56. The van der Waals surface area contributed by atoms with E-state index in [0.717, 1.165) is 17.7 Å². The molecule has 2 rings (SSSR count). The highest BCUT2D eigenvalue weighted by molar-refractivity contribution is 6.31. The van der Waals surface area contributed by atoms with E-state index in [2.05, 4.69) is 20.6 Å². The zero-order valence-corrected chi connectivity index (χ0v) is 13.9. The molecular weight excluding hydrogens is 316 g/mol. The van der Waals surface area contributed by atoms with Crippen molar-refractivity contribution in [2.24, 2.45) is 0 Å². The molecule has 1 aromatic heterocycles. The number of ether oxygens (including phenoxy) is 1. The summed E-state index contributed by atoms with van der Waals surface area (Å²) < 4.78 is 4.92. The van der Waals surface area contributed by atoms with Gasteiger partial charge in [0.2, 0.25) is 5.95 Å². The summed E-state index contributed by atoms with van der Waals surface area (Å²) >= 11 is 6.08. The maximum absolute atomic E-state index is 11.9. The number of methoxy groups -OCH3 is 1. The number of halogens is 1. The number of aromatic nitrogens is 2. The number of nitrogens with one attached hydrogen (secondary N) is 2. The molecule has 0 saturated carbocycles. The highest BCUT2D eigenvalue weighted by atomic mass is 35.5. The summed E-state index contributed by atoms with van der Waals surface area (Å²) in [6.45, 7) is 3.09. The van der Waals surface area contributed by atoms with E-state index >= 15 is 0 Å². The first-order valence-corrected chi connectivity index (χ1v) is 7.60. The lowest BCUT2D eigenvalue weighted by Gasteiger charge is -2.07. The molecule has 7 heteroatoms. The predicted octanol–water partition coefficient (Wildman–Crippen LogP) is 2.95. The molecule has 0 aliphatic carbocycles. The van der Waals surface area contributed by atoms with Crippen molar-refractivity contribution in [2.45, 2.75) is 13.3 Å². The monoisotopic (exact) mass is 334 g/mol. The minimum absolute atomic E-state index is 0.203. The van der Waals surface area contributed by atoms with Gasteiger partial charge in [-0.1, -0.05) is 17.7 Å². The van der Waals surface area contributed by atoms with Crippen LogP contribution in [0.15, 0.2) is 30.6 Å². The van der Waals surface area contributed by atoms with Gasteiger partial charge in [0.15, 0.2) is 0 Å². The van der Waals surface area contributed by atoms with Crippen molar-refractivity contribution in [1.29, 1.82) is 0 Å². The van der Waals surface area contributed by atoms with Crippen LogP contribution in [-0.2, 0) is 4.74 Å². The number of nitrogens with zero attached hydrogens (tertiary/aromatic N) is 2. The summed E-state index contributed by atoms with van der Waals surface area (Å²) in [6, 6.07) is 5.60. The molecular formula is C16H19ClN4O2. The van der Waals surface area contributed by atoms with Crippen LogP contribution in [0.2, 0.25) is 5.02 Å². The van der Waals surface area contributed by atoms with Crippen molar-refractivity contribution >= 4 is 29.1 Å². The lowest BCUT2D eigenvalue weighted by molar-refractivity contribution is 0.0948. The van der Waals surface area contributed by atoms with Crippen LogP contribution in [0, 0.1) is 6.92 Å². The first kappa shape index (κ1) is 17.2. The van der Waals surface area contributed by atoms with Gasteiger partial charge in [0, 0.05) is 43.4 Å². The van der Waals surface area contributed by atoms with Crippen LogP contribution in [-0.4, -0.2) is 36.1 Å². The lowest BCUT2D eigenvalue weighted by atomic mass is 10.2. The van der Waals surface area contributed by atoms with Crippen molar-refractivity contribution in [2.75, 3.05) is 25.6 Å². The van der Waals surface area contributed by atoms with E-state index < -0.39 is 0 Å². The molecule has 0 saturated heterocycles. The maximum atomic E-state index is 11.9. The molecule has 1 heterocycles. The Hall–Kier alpha value is -2.18. The number of benzene rings is 1. The third kappa shape index (κ3) is 5.19. The summed E-state index contributed by atoms with van der Waals surface area (Å²) in [7, 11) is 1.63. The molecule has 6 nitrogen and oxygen atoms in total. The second-order valence-corrected chi connectivity index (χ2v) is 5.39. The molecule has 122 valence electrons. The Morgan fingerprint density at radius 1 is 1.30 bits per heavy atom. The number of anilines is 2. The van der Waals surface area contributed by atoms with Gasteiger partial charge in [-0.15, -0.1) is 0 Å². The number of rotatable bonds is 7. The van der Waals surface area contributed by atoms with E-state index in [0.29, 0.717) is 29.7 Å². The van der Waals surface area contributed by atoms with E-state index in [-0.39, 0.29) is 5.91 Å². The van der Waals surface area contributed by atoms with Crippen molar-refractivity contribution in [3.8, 4) is 0 Å². The van der Waals surface area contributed by atoms with Crippen LogP contribution in [0.1, 0.15) is 22.3 Å². The second kappa shape index (κ2) is 8.45. The van der Waals surface area contributed by atoms with Crippen molar-refractivity contribution < 1.29 is 9.53 Å². The van der Waals surface area contributed by atoms with Crippen LogP contribution in [0.5, 0.6) is 0 Å². The Morgan fingerprint density at radius 3 is 2.70 bits per heavy atom. The Labute approximate surface area is 140 Å². The smallest absolute Gasteiger partial charge is 0.254 e. The van der Waals surface area contributed by atoms with E-state index in [4.69, 9.17) is 16.3 Å². The summed E-state index contributed by atoms with van der Waals surface area (Å²) in [5.41, 5.74) is 2.20. The highest BCUT2D eigenvalue weighted by Crippen LogP contribution is 2.21. The fraction of sp³-hybridized carbons (Fsp3) is 0.312. The normalized spacial score (nSPS) is 10.4. The van der Waals surface area contributed by atoms with Crippen LogP contribution < -0.4 is 10.6 Å². The van der Waals surface area contributed by atoms with E-state index in [1.165, 1.54) is 12.4 Å². The summed E-state index contributed by atoms with van der Waals surface area (Å²) in [5.74, 6) is 0.201. The molecule has 23 heavy (non-hydrogen) atoms. The Kier molecular flexibility index (Phi) is 6.31. The molecule has 0 unspecified atom stereocenters. The molecule has 2 aromatic rings. The van der Waals surface area contributed by atoms with Gasteiger partial charge in [0.25, 0.3) is 5.91 Å². The van der Waals surface area contributed by atoms with Gasteiger partial charge in [-0.25, -0.2) is 9.97 Å². The topological polar surface area (TPSA) is 76.1 Å². The van der Waals surface area contributed by atoms with E-state index in [1.807, 2.05) is 19.1 Å². The average Bonchev–Trinajstić information content (AvgIpc) is 2.55. The molecule has 0 bridgehead atoms. The average molecular weight is 335 g/mol. The van der Waals surface area contributed by atoms with Crippen LogP contribution in [0.25, 0.3) is 0 Å². The van der Waals surface area contributed by atoms with Crippen LogP contribution in [0.3, 0.4) is 0 Å². The van der Waals surface area contributed by atoms with Gasteiger partial charge >= 0.3 is 0 Å². The molecule has 0 spiro atoms. The molecule has 0 fully saturated rings. The fourth-order valence-corrected chi connectivity index (χ4v) is 2.01. The molecule has 0 radical (unpaired) electrons. The molecule has 0 aliphatic rings. The van der Waals surface area contributed by atoms with Gasteiger partial charge in [-0.05, 0) is 31.0 Å². The standard InChI is InChI=1S/C16H19ClN4O2/c1-11-4-5-13(8-14(11)17)21-16-19-9-12(10-20-16)15(22)18-6-3-7-23-2/h4-5,8-10H,3,6-7H2,1-2H3,(H,18,22)(H,19,20,21). The van der Waals surface area contributed by atoms with Crippen LogP contribution >= 0.6 is 11.6 Å². The fourth-order valence-electron chi connectivity index (χ4n) is 1.83. The van der Waals surface area contributed by atoms with Crippen molar-refractivity contribution in [1.82, 2.24) is 15.3 Å². The third-order valence-electron chi connectivity index (χ3n) is 3.15. The Bertz CT molecular complexity index is 662. The van der Waals surface area contributed by atoms with Gasteiger partial charge in [0.05, 0.1) is 5.56 Å². The number of aryl methyl sites for hydroxylation is 1. The molecule has 0 aliphatic heterocycles.